The van der Waals surface area contributed by atoms with Crippen LogP contribution in [0.25, 0.3) is 0 Å². The SMILES string of the molecule is CCCC(C)(CNCC)CC1CC2CCC1C2. The molecule has 4 atom stereocenters. The maximum absolute atomic E-state index is 3.59. The molecule has 2 aliphatic carbocycles. The molecule has 100 valence electrons. The number of nitrogens with one attached hydrogen (secondary N) is 1. The molecule has 0 heterocycles. The van der Waals surface area contributed by atoms with Crippen LogP contribution in [0.4, 0.5) is 0 Å². The Kier molecular flexibility index (Phi) is 4.52. The number of hydrogen-bond acceptors (Lipinski definition) is 1. The number of fused-ring (bicyclic) bond motifs is 2. The van der Waals surface area contributed by atoms with Crippen molar-refractivity contribution in [2.75, 3.05) is 13.1 Å². The van der Waals surface area contributed by atoms with Crippen LogP contribution in [0, 0.1) is 23.2 Å². The summed E-state index contributed by atoms with van der Waals surface area (Å²) in [5.41, 5.74) is 0.555. The monoisotopic (exact) mass is 237 g/mol. The third-order valence-corrected chi connectivity index (χ3v) is 5.29. The van der Waals surface area contributed by atoms with Crippen molar-refractivity contribution >= 4 is 0 Å². The van der Waals surface area contributed by atoms with E-state index in [9.17, 15) is 0 Å². The molecule has 0 amide bonds. The number of hydrogen-bond donors (Lipinski definition) is 1. The second-order valence-electron chi connectivity index (χ2n) is 6.98. The first-order chi connectivity index (χ1) is 8.17. The summed E-state index contributed by atoms with van der Waals surface area (Å²) in [6.07, 6.45) is 10.4. The Hall–Kier alpha value is -0.0400. The molecule has 2 aliphatic rings. The van der Waals surface area contributed by atoms with Gasteiger partial charge in [-0.25, -0.2) is 0 Å². The van der Waals surface area contributed by atoms with Crippen molar-refractivity contribution < 1.29 is 0 Å². The molecule has 1 nitrogen and oxygen atoms in total. The van der Waals surface area contributed by atoms with E-state index in [0.29, 0.717) is 5.41 Å². The van der Waals surface area contributed by atoms with E-state index < -0.39 is 0 Å². The summed E-state index contributed by atoms with van der Waals surface area (Å²) < 4.78 is 0. The van der Waals surface area contributed by atoms with E-state index in [1.165, 1.54) is 25.8 Å². The van der Waals surface area contributed by atoms with Gasteiger partial charge in [0.25, 0.3) is 0 Å². The van der Waals surface area contributed by atoms with E-state index in [-0.39, 0.29) is 0 Å². The van der Waals surface area contributed by atoms with Crippen LogP contribution in [-0.2, 0) is 0 Å². The van der Waals surface area contributed by atoms with Crippen LogP contribution in [0.15, 0.2) is 0 Å². The average molecular weight is 237 g/mol. The average Bonchev–Trinajstić information content (AvgIpc) is 2.88. The van der Waals surface area contributed by atoms with E-state index in [1.54, 1.807) is 25.7 Å². The molecule has 17 heavy (non-hydrogen) atoms. The van der Waals surface area contributed by atoms with Crippen LogP contribution >= 0.6 is 0 Å². The second-order valence-corrected chi connectivity index (χ2v) is 6.98. The molecule has 2 bridgehead atoms. The van der Waals surface area contributed by atoms with Crippen molar-refractivity contribution in [3.63, 3.8) is 0 Å². The molecule has 1 heteroatoms. The minimum absolute atomic E-state index is 0.555. The second kappa shape index (κ2) is 5.73. The molecule has 0 saturated heterocycles. The van der Waals surface area contributed by atoms with E-state index in [0.717, 1.165) is 24.3 Å². The predicted octanol–water partition coefficient (Wildman–Crippen LogP) is 4.23. The summed E-state index contributed by atoms with van der Waals surface area (Å²) in [5.74, 6) is 3.26. The van der Waals surface area contributed by atoms with Gasteiger partial charge in [0, 0.05) is 6.54 Å². The van der Waals surface area contributed by atoms with Gasteiger partial charge in [0.1, 0.15) is 0 Å². The van der Waals surface area contributed by atoms with Crippen molar-refractivity contribution in [3.05, 3.63) is 0 Å². The Morgan fingerprint density at radius 1 is 1.18 bits per heavy atom. The molecule has 2 fully saturated rings. The maximum Gasteiger partial charge on any atom is 0.000515 e. The van der Waals surface area contributed by atoms with Gasteiger partial charge in [0.15, 0.2) is 0 Å². The van der Waals surface area contributed by atoms with E-state index in [2.05, 4.69) is 26.1 Å². The van der Waals surface area contributed by atoms with Crippen LogP contribution in [0.1, 0.15) is 65.7 Å². The first-order valence-corrected chi connectivity index (χ1v) is 7.87. The first kappa shape index (κ1) is 13.4. The van der Waals surface area contributed by atoms with Crippen LogP contribution < -0.4 is 5.32 Å². The zero-order valence-electron chi connectivity index (χ0n) is 12.1. The van der Waals surface area contributed by atoms with E-state index in [4.69, 9.17) is 0 Å². The van der Waals surface area contributed by atoms with E-state index >= 15 is 0 Å². The van der Waals surface area contributed by atoms with Gasteiger partial charge in [0.2, 0.25) is 0 Å². The fraction of sp³-hybridized carbons (Fsp3) is 1.00. The van der Waals surface area contributed by atoms with Crippen LogP contribution in [0.2, 0.25) is 0 Å². The first-order valence-electron chi connectivity index (χ1n) is 7.87. The molecule has 0 aromatic rings. The highest BCUT2D eigenvalue weighted by molar-refractivity contribution is 4.93. The molecule has 2 rings (SSSR count). The minimum atomic E-state index is 0.555. The van der Waals surface area contributed by atoms with Gasteiger partial charge in [-0.2, -0.15) is 0 Å². The summed E-state index contributed by atoms with van der Waals surface area (Å²) >= 11 is 0. The highest BCUT2D eigenvalue weighted by Gasteiger charge is 2.42. The van der Waals surface area contributed by atoms with Crippen molar-refractivity contribution in [1.82, 2.24) is 5.32 Å². The van der Waals surface area contributed by atoms with Gasteiger partial charge in [-0.1, -0.05) is 33.6 Å². The summed E-state index contributed by atoms with van der Waals surface area (Å²) in [7, 11) is 0. The Labute approximate surface area is 108 Å². The van der Waals surface area contributed by atoms with E-state index in [1.807, 2.05) is 0 Å². The zero-order valence-corrected chi connectivity index (χ0v) is 12.1. The molecule has 1 N–H and O–H groups in total. The topological polar surface area (TPSA) is 12.0 Å². The van der Waals surface area contributed by atoms with Gasteiger partial charge in [-0.3, -0.25) is 0 Å². The molecule has 2 saturated carbocycles. The summed E-state index contributed by atoms with van der Waals surface area (Å²) in [4.78, 5) is 0. The summed E-state index contributed by atoms with van der Waals surface area (Å²) in [5, 5.41) is 3.59. The Balaban J connectivity index is 1.88. The van der Waals surface area contributed by atoms with Gasteiger partial charge in [-0.05, 0) is 61.8 Å². The largest absolute Gasteiger partial charge is 0.316 e. The lowest BCUT2D eigenvalue weighted by atomic mass is 9.73. The maximum atomic E-state index is 3.59. The smallest absolute Gasteiger partial charge is 0.000515 e. The van der Waals surface area contributed by atoms with Crippen molar-refractivity contribution in [2.45, 2.75) is 65.7 Å². The fourth-order valence-corrected chi connectivity index (χ4v) is 4.55. The van der Waals surface area contributed by atoms with Crippen molar-refractivity contribution in [1.29, 1.82) is 0 Å². The summed E-state index contributed by atoms with van der Waals surface area (Å²) in [6.45, 7) is 9.43. The van der Waals surface area contributed by atoms with Gasteiger partial charge in [0.05, 0.1) is 0 Å². The van der Waals surface area contributed by atoms with Crippen LogP contribution in [0.5, 0.6) is 0 Å². The normalized spacial score (nSPS) is 35.1. The van der Waals surface area contributed by atoms with Crippen LogP contribution in [0.3, 0.4) is 0 Å². The molecule has 0 aromatic heterocycles. The lowest BCUT2D eigenvalue weighted by molar-refractivity contribution is 0.172. The Morgan fingerprint density at radius 3 is 2.53 bits per heavy atom. The zero-order chi connectivity index (χ0) is 12.3. The van der Waals surface area contributed by atoms with Gasteiger partial charge >= 0.3 is 0 Å². The summed E-state index contributed by atoms with van der Waals surface area (Å²) in [6, 6.07) is 0. The third-order valence-electron chi connectivity index (χ3n) is 5.29. The molecular weight excluding hydrogens is 206 g/mol. The Morgan fingerprint density at radius 2 is 2.00 bits per heavy atom. The lowest BCUT2D eigenvalue weighted by Crippen LogP contribution is -2.34. The molecule has 0 radical (unpaired) electrons. The molecule has 0 aromatic carbocycles. The third kappa shape index (κ3) is 3.24. The predicted molar refractivity (Wildman–Crippen MR) is 75.1 cm³/mol. The Bertz CT molecular complexity index is 238. The lowest BCUT2D eigenvalue weighted by Gasteiger charge is -2.35. The van der Waals surface area contributed by atoms with Gasteiger partial charge in [-0.15, -0.1) is 0 Å². The number of rotatable bonds is 7. The molecular formula is C16H31N. The van der Waals surface area contributed by atoms with Crippen molar-refractivity contribution in [2.24, 2.45) is 23.2 Å². The molecule has 4 unspecified atom stereocenters. The van der Waals surface area contributed by atoms with Gasteiger partial charge < -0.3 is 5.32 Å². The van der Waals surface area contributed by atoms with Crippen LogP contribution in [-0.4, -0.2) is 13.1 Å². The standard InChI is InChI=1S/C16H31N/c1-4-8-16(3,12-17-5-2)11-15-10-13-6-7-14(15)9-13/h13-15,17H,4-12H2,1-3H3. The fourth-order valence-electron chi connectivity index (χ4n) is 4.55. The minimum Gasteiger partial charge on any atom is -0.316 e. The molecule has 0 aliphatic heterocycles. The highest BCUT2D eigenvalue weighted by Crippen LogP contribution is 2.52. The molecule has 0 spiro atoms. The quantitative estimate of drug-likeness (QED) is 0.699. The van der Waals surface area contributed by atoms with Crippen molar-refractivity contribution in [3.8, 4) is 0 Å². The highest BCUT2D eigenvalue weighted by atomic mass is 14.9.